The summed E-state index contributed by atoms with van der Waals surface area (Å²) in [5, 5.41) is 0.256. The fraction of sp³-hybridized carbons (Fsp3) is 0. The van der Waals surface area contributed by atoms with Crippen LogP contribution in [-0.4, -0.2) is 11.6 Å². The standard InChI is InChI=1S/C14H7BrClNO2/c15-11-10-8(5-9(16)12(11)17)13(18)6-3-1-2-4-7(6)14(10)19/h1-5H,17H2. The lowest BCUT2D eigenvalue weighted by molar-refractivity contribution is 0.0978. The number of anilines is 1. The second-order valence-electron chi connectivity index (χ2n) is 4.21. The largest absolute Gasteiger partial charge is 0.397 e. The van der Waals surface area contributed by atoms with Crippen molar-refractivity contribution in [3.63, 3.8) is 0 Å². The molecule has 3 rings (SSSR count). The molecule has 0 fully saturated rings. The first-order chi connectivity index (χ1) is 9.02. The molecule has 94 valence electrons. The summed E-state index contributed by atoms with van der Waals surface area (Å²) in [4.78, 5) is 24.9. The summed E-state index contributed by atoms with van der Waals surface area (Å²) in [7, 11) is 0. The van der Waals surface area contributed by atoms with Crippen LogP contribution in [0.1, 0.15) is 31.8 Å². The van der Waals surface area contributed by atoms with E-state index in [1.807, 2.05) is 0 Å². The number of nitrogen functional groups attached to an aromatic ring is 1. The number of hydrogen-bond acceptors (Lipinski definition) is 3. The third-order valence-electron chi connectivity index (χ3n) is 3.14. The van der Waals surface area contributed by atoms with E-state index in [0.29, 0.717) is 15.6 Å². The first kappa shape index (κ1) is 12.4. The number of carbonyl (C=O) groups is 2. The van der Waals surface area contributed by atoms with Crippen molar-refractivity contribution >= 4 is 44.8 Å². The van der Waals surface area contributed by atoms with Crippen LogP contribution in [0.25, 0.3) is 0 Å². The van der Waals surface area contributed by atoms with Crippen molar-refractivity contribution in [3.8, 4) is 0 Å². The van der Waals surface area contributed by atoms with E-state index >= 15 is 0 Å². The van der Waals surface area contributed by atoms with E-state index in [1.165, 1.54) is 6.07 Å². The Bertz CT molecular complexity index is 755. The zero-order valence-corrected chi connectivity index (χ0v) is 11.9. The molecule has 1 aliphatic rings. The minimum absolute atomic E-state index is 0.215. The maximum absolute atomic E-state index is 12.5. The zero-order valence-electron chi connectivity index (χ0n) is 9.54. The molecule has 2 aromatic rings. The van der Waals surface area contributed by atoms with Gasteiger partial charge in [-0.15, -0.1) is 0 Å². The number of fused-ring (bicyclic) bond motifs is 2. The maximum atomic E-state index is 12.5. The lowest BCUT2D eigenvalue weighted by Crippen LogP contribution is -2.22. The molecule has 0 bridgehead atoms. The quantitative estimate of drug-likeness (QED) is 0.640. The Morgan fingerprint density at radius 3 is 2.21 bits per heavy atom. The zero-order chi connectivity index (χ0) is 13.7. The number of halogens is 2. The number of benzene rings is 2. The first-order valence-electron chi connectivity index (χ1n) is 5.48. The topological polar surface area (TPSA) is 60.2 Å². The van der Waals surface area contributed by atoms with Crippen LogP contribution in [0, 0.1) is 0 Å². The molecule has 0 atom stereocenters. The molecule has 5 heteroatoms. The molecule has 3 nitrogen and oxygen atoms in total. The van der Waals surface area contributed by atoms with Gasteiger partial charge in [-0.2, -0.15) is 0 Å². The van der Waals surface area contributed by atoms with Crippen molar-refractivity contribution in [1.82, 2.24) is 0 Å². The smallest absolute Gasteiger partial charge is 0.195 e. The number of hydrogen-bond donors (Lipinski definition) is 1. The summed E-state index contributed by atoms with van der Waals surface area (Å²) < 4.78 is 0.378. The van der Waals surface area contributed by atoms with Crippen molar-refractivity contribution < 1.29 is 9.59 Å². The van der Waals surface area contributed by atoms with Crippen molar-refractivity contribution in [3.05, 3.63) is 62.1 Å². The van der Waals surface area contributed by atoms with Crippen LogP contribution in [0.2, 0.25) is 5.02 Å². The highest BCUT2D eigenvalue weighted by Gasteiger charge is 2.32. The highest BCUT2D eigenvalue weighted by atomic mass is 79.9. The van der Waals surface area contributed by atoms with Crippen LogP contribution in [0.4, 0.5) is 5.69 Å². The Morgan fingerprint density at radius 1 is 1.00 bits per heavy atom. The Hall–Kier alpha value is -1.65. The Labute approximate surface area is 122 Å². The molecule has 0 unspecified atom stereocenters. The second-order valence-corrected chi connectivity index (χ2v) is 5.41. The van der Waals surface area contributed by atoms with E-state index in [2.05, 4.69) is 15.9 Å². The van der Waals surface area contributed by atoms with E-state index in [0.717, 1.165) is 0 Å². The summed E-state index contributed by atoms with van der Waals surface area (Å²) in [6, 6.07) is 8.17. The molecule has 0 aromatic heterocycles. The second kappa shape index (κ2) is 4.18. The number of nitrogens with two attached hydrogens (primary N) is 1. The Morgan fingerprint density at radius 2 is 1.58 bits per heavy atom. The lowest BCUT2D eigenvalue weighted by atomic mass is 9.84. The molecule has 0 aliphatic heterocycles. The third-order valence-corrected chi connectivity index (χ3v) is 4.28. The third kappa shape index (κ3) is 1.64. The highest BCUT2D eigenvalue weighted by Crippen LogP contribution is 2.38. The highest BCUT2D eigenvalue weighted by molar-refractivity contribution is 9.10. The van der Waals surface area contributed by atoms with Gasteiger partial charge in [-0.1, -0.05) is 35.9 Å². The molecule has 0 saturated heterocycles. The average molecular weight is 337 g/mol. The van der Waals surface area contributed by atoms with Gasteiger partial charge in [0.1, 0.15) is 0 Å². The fourth-order valence-corrected chi connectivity index (χ4v) is 3.12. The molecular weight excluding hydrogens is 330 g/mol. The van der Waals surface area contributed by atoms with E-state index < -0.39 is 0 Å². The van der Waals surface area contributed by atoms with Gasteiger partial charge < -0.3 is 5.73 Å². The van der Waals surface area contributed by atoms with E-state index in [1.54, 1.807) is 24.3 Å². The summed E-state index contributed by atoms with van der Waals surface area (Å²) in [5.74, 6) is -0.437. The fourth-order valence-electron chi connectivity index (χ4n) is 2.19. The predicted octanol–water partition coefficient (Wildman–Crippen LogP) is 3.46. The first-order valence-corrected chi connectivity index (χ1v) is 6.65. The monoisotopic (exact) mass is 335 g/mol. The molecule has 2 N–H and O–H groups in total. The molecule has 0 radical (unpaired) electrons. The number of ketones is 2. The van der Waals surface area contributed by atoms with Crippen molar-refractivity contribution in [2.75, 3.05) is 5.73 Å². The van der Waals surface area contributed by atoms with Gasteiger partial charge in [0, 0.05) is 16.7 Å². The average Bonchev–Trinajstić information content (AvgIpc) is 2.42. The van der Waals surface area contributed by atoms with Gasteiger partial charge >= 0.3 is 0 Å². The molecule has 0 saturated carbocycles. The van der Waals surface area contributed by atoms with Crippen molar-refractivity contribution in [2.45, 2.75) is 0 Å². The predicted molar refractivity (Wildman–Crippen MR) is 76.9 cm³/mol. The molecule has 1 aliphatic carbocycles. The van der Waals surface area contributed by atoms with Crippen LogP contribution >= 0.6 is 27.5 Å². The van der Waals surface area contributed by atoms with Crippen molar-refractivity contribution in [2.24, 2.45) is 0 Å². The van der Waals surface area contributed by atoms with Gasteiger partial charge in [-0.05, 0) is 22.0 Å². The SMILES string of the molecule is Nc1c(Cl)cc2c(c1Br)C(=O)c1ccccc1C2=O. The van der Waals surface area contributed by atoms with E-state index in [-0.39, 0.29) is 33.4 Å². The van der Waals surface area contributed by atoms with Gasteiger partial charge in [0.15, 0.2) is 11.6 Å². The lowest BCUT2D eigenvalue weighted by Gasteiger charge is -2.19. The van der Waals surface area contributed by atoms with Gasteiger partial charge in [-0.3, -0.25) is 9.59 Å². The van der Waals surface area contributed by atoms with Gasteiger partial charge in [-0.25, -0.2) is 0 Å². The van der Waals surface area contributed by atoms with Crippen LogP contribution in [0.5, 0.6) is 0 Å². The number of rotatable bonds is 0. The Balaban J connectivity index is 2.40. The van der Waals surface area contributed by atoms with Crippen LogP contribution in [-0.2, 0) is 0 Å². The Kier molecular flexibility index (Phi) is 2.73. The summed E-state index contributed by atoms with van der Waals surface area (Å²) in [5.41, 5.74) is 7.41. The van der Waals surface area contributed by atoms with Crippen LogP contribution in [0.15, 0.2) is 34.8 Å². The van der Waals surface area contributed by atoms with Gasteiger partial charge in [0.2, 0.25) is 0 Å². The van der Waals surface area contributed by atoms with Gasteiger partial charge in [0.05, 0.1) is 20.7 Å². The van der Waals surface area contributed by atoms with E-state index in [9.17, 15) is 9.59 Å². The summed E-state index contributed by atoms with van der Waals surface area (Å²) in [6.07, 6.45) is 0. The minimum atomic E-state index is -0.222. The normalized spacial score (nSPS) is 13.2. The molecule has 0 amide bonds. The summed E-state index contributed by atoms with van der Waals surface area (Å²) >= 11 is 9.23. The van der Waals surface area contributed by atoms with Gasteiger partial charge in [0.25, 0.3) is 0 Å². The van der Waals surface area contributed by atoms with Crippen LogP contribution < -0.4 is 5.73 Å². The minimum Gasteiger partial charge on any atom is -0.397 e. The molecule has 0 heterocycles. The summed E-state index contributed by atoms with van der Waals surface area (Å²) in [6.45, 7) is 0. The molecule has 19 heavy (non-hydrogen) atoms. The number of carbonyl (C=O) groups excluding carboxylic acids is 2. The molecule has 0 spiro atoms. The van der Waals surface area contributed by atoms with Crippen molar-refractivity contribution in [1.29, 1.82) is 0 Å². The molecule has 2 aromatic carbocycles. The maximum Gasteiger partial charge on any atom is 0.195 e. The molecular formula is C14H7BrClNO2. The van der Waals surface area contributed by atoms with E-state index in [4.69, 9.17) is 17.3 Å². The van der Waals surface area contributed by atoms with Crippen LogP contribution in [0.3, 0.4) is 0 Å².